The first kappa shape index (κ1) is 14.9. The van der Waals surface area contributed by atoms with Crippen LogP contribution in [-0.4, -0.2) is 11.6 Å². The number of nitrogens with two attached hydrogens (primary N) is 1. The van der Waals surface area contributed by atoms with Gasteiger partial charge in [0.2, 0.25) is 5.78 Å². The molecule has 0 aromatic carbocycles. The lowest BCUT2D eigenvalue weighted by atomic mass is 9.47. The van der Waals surface area contributed by atoms with Crippen molar-refractivity contribution >= 4 is 11.6 Å². The predicted molar refractivity (Wildman–Crippen MR) is 89.3 cm³/mol. The van der Waals surface area contributed by atoms with E-state index < -0.39 is 0 Å². The first-order valence-corrected chi connectivity index (χ1v) is 8.74. The Morgan fingerprint density at radius 3 is 2.70 bits per heavy atom. The second-order valence-electron chi connectivity index (χ2n) is 8.37. The lowest BCUT2D eigenvalue weighted by Crippen LogP contribution is -2.51. The topological polar surface area (TPSA) is 60.2 Å². The van der Waals surface area contributed by atoms with Gasteiger partial charge in [-0.1, -0.05) is 26.5 Å². The molecule has 3 heteroatoms. The SMILES string of the molecule is C=C1C[C@@H]2[C@H](CC[C@]3(C)C(=O)CC[C@@H]23)[C@@]2(C)C=CC(=O)C(N)=C12. The van der Waals surface area contributed by atoms with Crippen LogP contribution >= 0.6 is 0 Å². The third-order valence-electron chi connectivity index (χ3n) is 7.41. The second-order valence-corrected chi connectivity index (χ2v) is 8.37. The fourth-order valence-electron chi connectivity index (χ4n) is 6.19. The van der Waals surface area contributed by atoms with Gasteiger partial charge in [0.05, 0.1) is 5.70 Å². The van der Waals surface area contributed by atoms with Crippen LogP contribution in [0.2, 0.25) is 0 Å². The van der Waals surface area contributed by atoms with Crippen LogP contribution in [-0.2, 0) is 9.59 Å². The Bertz CT molecular complexity index is 700. The monoisotopic (exact) mass is 311 g/mol. The number of Topliss-reactive ketones (excluding diaryl/α,β-unsaturated/α-hetero) is 1. The van der Waals surface area contributed by atoms with Crippen LogP contribution in [0.3, 0.4) is 0 Å². The summed E-state index contributed by atoms with van der Waals surface area (Å²) in [6.45, 7) is 8.65. The summed E-state index contributed by atoms with van der Waals surface area (Å²) in [6.07, 6.45) is 8.32. The molecule has 0 saturated heterocycles. The summed E-state index contributed by atoms with van der Waals surface area (Å²) in [5, 5.41) is 0. The molecular formula is C20H25NO2. The third kappa shape index (κ3) is 1.71. The lowest BCUT2D eigenvalue weighted by Gasteiger charge is -2.56. The lowest BCUT2D eigenvalue weighted by molar-refractivity contribution is -0.131. The van der Waals surface area contributed by atoms with E-state index in [1.807, 2.05) is 0 Å². The molecule has 0 bridgehead atoms. The van der Waals surface area contributed by atoms with E-state index in [1.165, 1.54) is 0 Å². The number of rotatable bonds is 0. The molecule has 0 aromatic rings. The summed E-state index contributed by atoms with van der Waals surface area (Å²) in [4.78, 5) is 24.5. The molecule has 0 aliphatic heterocycles. The first-order valence-electron chi connectivity index (χ1n) is 8.74. The molecule has 4 aliphatic rings. The van der Waals surface area contributed by atoms with Gasteiger partial charge in [-0.25, -0.2) is 0 Å². The van der Waals surface area contributed by atoms with Crippen molar-refractivity contribution < 1.29 is 9.59 Å². The van der Waals surface area contributed by atoms with Crippen LogP contribution in [0.25, 0.3) is 0 Å². The zero-order valence-electron chi connectivity index (χ0n) is 14.0. The molecule has 0 unspecified atom stereocenters. The van der Waals surface area contributed by atoms with Crippen molar-refractivity contribution in [2.24, 2.45) is 34.3 Å². The van der Waals surface area contributed by atoms with Gasteiger partial charge in [-0.3, -0.25) is 9.59 Å². The Balaban J connectivity index is 1.81. The number of hydrogen-bond acceptors (Lipinski definition) is 3. The van der Waals surface area contributed by atoms with Crippen LogP contribution in [0.5, 0.6) is 0 Å². The number of allylic oxidation sites excluding steroid dienone is 4. The minimum atomic E-state index is -0.203. The average molecular weight is 311 g/mol. The fourth-order valence-corrected chi connectivity index (χ4v) is 6.19. The van der Waals surface area contributed by atoms with Gasteiger partial charge < -0.3 is 5.73 Å². The number of ketones is 2. The van der Waals surface area contributed by atoms with Gasteiger partial charge in [0, 0.05) is 17.3 Å². The summed E-state index contributed by atoms with van der Waals surface area (Å²) < 4.78 is 0. The van der Waals surface area contributed by atoms with E-state index in [0.717, 1.165) is 43.3 Å². The Kier molecular flexibility index (Phi) is 2.89. The molecule has 2 N–H and O–H groups in total. The van der Waals surface area contributed by atoms with Crippen molar-refractivity contribution in [3.05, 3.63) is 35.6 Å². The Morgan fingerprint density at radius 1 is 1.22 bits per heavy atom. The van der Waals surface area contributed by atoms with Gasteiger partial charge in [-0.15, -0.1) is 0 Å². The van der Waals surface area contributed by atoms with Crippen molar-refractivity contribution in [2.75, 3.05) is 0 Å². The number of carbonyl (C=O) groups excluding carboxylic acids is 2. The van der Waals surface area contributed by atoms with Gasteiger partial charge >= 0.3 is 0 Å². The minimum absolute atomic E-state index is 0.0891. The quantitative estimate of drug-likeness (QED) is 0.746. The van der Waals surface area contributed by atoms with Crippen molar-refractivity contribution in [3.63, 3.8) is 0 Å². The molecule has 0 radical (unpaired) electrons. The van der Waals surface area contributed by atoms with E-state index in [1.54, 1.807) is 6.08 Å². The molecule has 23 heavy (non-hydrogen) atoms. The molecule has 3 saturated carbocycles. The predicted octanol–water partition coefficient (Wildman–Crippen LogP) is 3.32. The van der Waals surface area contributed by atoms with E-state index in [0.29, 0.717) is 29.2 Å². The molecule has 122 valence electrons. The van der Waals surface area contributed by atoms with E-state index in [2.05, 4.69) is 26.5 Å². The molecule has 3 fully saturated rings. The number of fused-ring (bicyclic) bond motifs is 5. The average Bonchev–Trinajstić information content (AvgIpc) is 2.79. The van der Waals surface area contributed by atoms with Crippen LogP contribution in [0.15, 0.2) is 35.6 Å². The number of hydrogen-bond donors (Lipinski definition) is 1. The highest BCUT2D eigenvalue weighted by Crippen LogP contribution is 2.64. The highest BCUT2D eigenvalue weighted by atomic mass is 16.1. The summed E-state index contributed by atoms with van der Waals surface area (Å²) >= 11 is 0. The van der Waals surface area contributed by atoms with Crippen molar-refractivity contribution in [2.45, 2.75) is 46.0 Å². The van der Waals surface area contributed by atoms with Crippen LogP contribution in [0.1, 0.15) is 46.0 Å². The third-order valence-corrected chi connectivity index (χ3v) is 7.41. The molecule has 0 amide bonds. The molecule has 0 spiro atoms. The molecule has 4 rings (SSSR count). The maximum absolute atomic E-state index is 12.4. The maximum Gasteiger partial charge on any atom is 0.201 e. The van der Waals surface area contributed by atoms with Crippen LogP contribution < -0.4 is 5.73 Å². The largest absolute Gasteiger partial charge is 0.395 e. The maximum atomic E-state index is 12.4. The Labute approximate surface area is 137 Å². The molecule has 5 atom stereocenters. The van der Waals surface area contributed by atoms with Gasteiger partial charge in [0.1, 0.15) is 5.78 Å². The van der Waals surface area contributed by atoms with Crippen molar-refractivity contribution in [1.29, 1.82) is 0 Å². The normalized spacial score (nSPS) is 45.8. The van der Waals surface area contributed by atoms with Crippen LogP contribution in [0.4, 0.5) is 0 Å². The summed E-state index contributed by atoms with van der Waals surface area (Å²) in [5.41, 5.74) is 8.17. The van der Waals surface area contributed by atoms with Crippen molar-refractivity contribution in [3.8, 4) is 0 Å². The van der Waals surface area contributed by atoms with Gasteiger partial charge in [-0.2, -0.15) is 0 Å². The zero-order valence-corrected chi connectivity index (χ0v) is 14.0. The molecular weight excluding hydrogens is 286 g/mol. The smallest absolute Gasteiger partial charge is 0.201 e. The minimum Gasteiger partial charge on any atom is -0.395 e. The van der Waals surface area contributed by atoms with Crippen molar-refractivity contribution in [1.82, 2.24) is 0 Å². The first-order chi connectivity index (χ1) is 10.8. The van der Waals surface area contributed by atoms with E-state index in [-0.39, 0.29) is 16.6 Å². The molecule has 0 aromatic heterocycles. The molecule has 4 aliphatic carbocycles. The highest BCUT2D eigenvalue weighted by Gasteiger charge is 2.59. The highest BCUT2D eigenvalue weighted by molar-refractivity contribution is 6.06. The summed E-state index contributed by atoms with van der Waals surface area (Å²) in [7, 11) is 0. The fraction of sp³-hybridized carbons (Fsp3) is 0.600. The molecule has 0 heterocycles. The van der Waals surface area contributed by atoms with Gasteiger partial charge in [0.25, 0.3) is 0 Å². The molecule has 3 nitrogen and oxygen atoms in total. The van der Waals surface area contributed by atoms with E-state index in [4.69, 9.17) is 5.73 Å². The van der Waals surface area contributed by atoms with Gasteiger partial charge in [-0.05, 0) is 60.7 Å². The Morgan fingerprint density at radius 2 is 1.96 bits per heavy atom. The van der Waals surface area contributed by atoms with Crippen LogP contribution in [0, 0.1) is 28.6 Å². The summed E-state index contributed by atoms with van der Waals surface area (Å²) in [5.74, 6) is 1.75. The number of carbonyl (C=O) groups is 2. The summed E-state index contributed by atoms with van der Waals surface area (Å²) in [6, 6.07) is 0. The van der Waals surface area contributed by atoms with E-state index >= 15 is 0 Å². The Hall–Kier alpha value is -1.64. The second kappa shape index (κ2) is 4.46. The zero-order chi connectivity index (χ0) is 16.6. The van der Waals surface area contributed by atoms with Gasteiger partial charge in [0.15, 0.2) is 0 Å². The standard InChI is InChI=1S/C20H25NO2/c1-11-10-12-13-4-5-16(23)19(13,2)8-6-14(12)20(3)9-7-15(22)18(21)17(11)20/h7,9,12-14H,1,4-6,8,10,21H2,2-3H3/t12-,13-,14-,19-,20+/m0/s1. The van der Waals surface area contributed by atoms with E-state index in [9.17, 15) is 9.59 Å².